The van der Waals surface area contributed by atoms with Crippen LogP contribution in [0.4, 0.5) is 8.78 Å². The Morgan fingerprint density at radius 3 is 2.58 bits per heavy atom. The molecule has 1 fully saturated rings. The summed E-state index contributed by atoms with van der Waals surface area (Å²) in [6.07, 6.45) is -0.382. The number of halogens is 2. The van der Waals surface area contributed by atoms with E-state index in [0.717, 1.165) is 11.6 Å². The predicted molar refractivity (Wildman–Crippen MR) is 108 cm³/mol. The van der Waals surface area contributed by atoms with Gasteiger partial charge >= 0.3 is 0 Å². The summed E-state index contributed by atoms with van der Waals surface area (Å²) in [4.78, 5) is 38.2. The summed E-state index contributed by atoms with van der Waals surface area (Å²) in [7, 11) is 0. The lowest BCUT2D eigenvalue weighted by Crippen LogP contribution is -2.43. The maximum atomic E-state index is 14.0. The summed E-state index contributed by atoms with van der Waals surface area (Å²) >= 11 is 0. The van der Waals surface area contributed by atoms with Gasteiger partial charge in [-0.15, -0.1) is 0 Å². The van der Waals surface area contributed by atoms with Crippen molar-refractivity contribution in [2.45, 2.75) is 24.8 Å². The lowest BCUT2D eigenvalue weighted by molar-refractivity contribution is -0.129. The SMILES string of the molecule is O=C1CC(C(=O)N[C@@H]2CN(C(=O)Cc3cccc(F)c3F)C[C@H]2c2ccccc2)=NN1. The molecule has 31 heavy (non-hydrogen) atoms. The van der Waals surface area contributed by atoms with Crippen LogP contribution < -0.4 is 10.7 Å². The van der Waals surface area contributed by atoms with Gasteiger partial charge in [0.05, 0.1) is 18.9 Å². The maximum absolute atomic E-state index is 14.0. The van der Waals surface area contributed by atoms with E-state index in [0.29, 0.717) is 6.54 Å². The zero-order valence-electron chi connectivity index (χ0n) is 16.5. The van der Waals surface area contributed by atoms with Crippen LogP contribution in [-0.2, 0) is 20.8 Å². The Kier molecular flexibility index (Phi) is 5.75. The van der Waals surface area contributed by atoms with Crippen LogP contribution in [0.5, 0.6) is 0 Å². The number of nitrogens with one attached hydrogen (secondary N) is 2. The van der Waals surface area contributed by atoms with Crippen LogP contribution in [0.3, 0.4) is 0 Å². The van der Waals surface area contributed by atoms with E-state index in [1.165, 1.54) is 17.0 Å². The molecule has 9 heteroatoms. The zero-order valence-corrected chi connectivity index (χ0v) is 16.5. The summed E-state index contributed by atoms with van der Waals surface area (Å²) in [5, 5.41) is 6.60. The minimum atomic E-state index is -1.03. The van der Waals surface area contributed by atoms with Crippen LogP contribution in [0.15, 0.2) is 53.6 Å². The molecule has 2 N–H and O–H groups in total. The third-order valence-corrected chi connectivity index (χ3v) is 5.50. The van der Waals surface area contributed by atoms with Gasteiger partial charge in [0.2, 0.25) is 11.8 Å². The minimum Gasteiger partial charge on any atom is -0.346 e. The molecule has 0 aliphatic carbocycles. The molecule has 0 saturated carbocycles. The molecule has 2 aliphatic rings. The molecule has 2 aromatic carbocycles. The minimum absolute atomic E-state index is 0.0151. The van der Waals surface area contributed by atoms with E-state index in [4.69, 9.17) is 0 Å². The Hall–Kier alpha value is -3.62. The molecule has 160 valence electrons. The van der Waals surface area contributed by atoms with Gasteiger partial charge in [0.25, 0.3) is 5.91 Å². The number of carbonyl (C=O) groups is 3. The molecule has 2 aliphatic heterocycles. The molecule has 2 heterocycles. The van der Waals surface area contributed by atoms with Crippen molar-refractivity contribution in [3.8, 4) is 0 Å². The summed E-state index contributed by atoms with van der Waals surface area (Å²) in [6, 6.07) is 12.7. The second-order valence-electron chi connectivity index (χ2n) is 7.56. The van der Waals surface area contributed by atoms with Crippen molar-refractivity contribution in [2.75, 3.05) is 13.1 Å². The van der Waals surface area contributed by atoms with E-state index in [2.05, 4.69) is 15.8 Å². The molecule has 4 rings (SSSR count). The second kappa shape index (κ2) is 8.63. The molecule has 0 unspecified atom stereocenters. The number of likely N-dealkylation sites (tertiary alicyclic amines) is 1. The molecule has 3 amide bonds. The fraction of sp³-hybridized carbons (Fsp3) is 0.273. The monoisotopic (exact) mass is 426 g/mol. The summed E-state index contributed by atoms with van der Waals surface area (Å²) in [5.74, 6) is -3.43. The van der Waals surface area contributed by atoms with Gasteiger partial charge in [-0.1, -0.05) is 42.5 Å². The van der Waals surface area contributed by atoms with Gasteiger partial charge in [0, 0.05) is 24.6 Å². The smallest absolute Gasteiger partial charge is 0.268 e. The van der Waals surface area contributed by atoms with Gasteiger partial charge in [-0.05, 0) is 11.6 Å². The van der Waals surface area contributed by atoms with Crippen LogP contribution in [-0.4, -0.2) is 47.5 Å². The van der Waals surface area contributed by atoms with Crippen molar-refractivity contribution in [3.05, 3.63) is 71.3 Å². The highest BCUT2D eigenvalue weighted by Crippen LogP contribution is 2.28. The molecule has 0 aromatic heterocycles. The van der Waals surface area contributed by atoms with Crippen LogP contribution in [0.2, 0.25) is 0 Å². The molecule has 1 saturated heterocycles. The highest BCUT2D eigenvalue weighted by atomic mass is 19.2. The number of amides is 3. The quantitative estimate of drug-likeness (QED) is 0.759. The lowest BCUT2D eigenvalue weighted by Gasteiger charge is -2.19. The summed E-state index contributed by atoms with van der Waals surface area (Å²) in [5.41, 5.74) is 3.24. The third kappa shape index (κ3) is 4.45. The molecule has 7 nitrogen and oxygen atoms in total. The summed E-state index contributed by atoms with van der Waals surface area (Å²) < 4.78 is 27.5. The average Bonchev–Trinajstić information content (AvgIpc) is 3.38. The van der Waals surface area contributed by atoms with E-state index >= 15 is 0 Å². The van der Waals surface area contributed by atoms with Crippen molar-refractivity contribution in [2.24, 2.45) is 5.10 Å². The van der Waals surface area contributed by atoms with Crippen molar-refractivity contribution >= 4 is 23.4 Å². The van der Waals surface area contributed by atoms with E-state index in [-0.39, 0.29) is 48.4 Å². The van der Waals surface area contributed by atoms with Crippen LogP contribution in [0, 0.1) is 11.6 Å². The normalized spacial score (nSPS) is 20.4. The molecule has 0 spiro atoms. The van der Waals surface area contributed by atoms with Gasteiger partial charge in [-0.2, -0.15) is 5.10 Å². The van der Waals surface area contributed by atoms with Gasteiger partial charge in [0.1, 0.15) is 5.71 Å². The third-order valence-electron chi connectivity index (χ3n) is 5.50. The number of hydrogen-bond donors (Lipinski definition) is 2. The number of rotatable bonds is 5. The van der Waals surface area contributed by atoms with Crippen molar-refractivity contribution in [1.29, 1.82) is 0 Å². The van der Waals surface area contributed by atoms with Crippen LogP contribution >= 0.6 is 0 Å². The first kappa shape index (κ1) is 20.6. The molecule has 2 aromatic rings. The highest BCUT2D eigenvalue weighted by Gasteiger charge is 2.38. The van der Waals surface area contributed by atoms with Gasteiger partial charge in [0.15, 0.2) is 11.6 Å². The van der Waals surface area contributed by atoms with Crippen LogP contribution in [0.25, 0.3) is 0 Å². The number of hydrazone groups is 1. The molecule has 2 atom stereocenters. The van der Waals surface area contributed by atoms with E-state index < -0.39 is 23.6 Å². The van der Waals surface area contributed by atoms with Crippen LogP contribution in [0.1, 0.15) is 23.5 Å². The second-order valence-corrected chi connectivity index (χ2v) is 7.56. The molecular formula is C22H20F2N4O3. The maximum Gasteiger partial charge on any atom is 0.268 e. The van der Waals surface area contributed by atoms with Crippen molar-refractivity contribution in [3.63, 3.8) is 0 Å². The topological polar surface area (TPSA) is 90.9 Å². The molecule has 0 bridgehead atoms. The molecular weight excluding hydrogens is 406 g/mol. The Labute approximate surface area is 177 Å². The van der Waals surface area contributed by atoms with Gasteiger partial charge in [-0.25, -0.2) is 14.2 Å². The fourth-order valence-corrected chi connectivity index (χ4v) is 3.90. The van der Waals surface area contributed by atoms with E-state index in [9.17, 15) is 23.2 Å². The standard InChI is InChI=1S/C22H20F2N4O3/c23-16-8-4-7-14(21(16)24)9-20(30)28-11-15(13-5-2-1-3-6-13)18(12-28)25-22(31)17-10-19(29)27-26-17/h1-8,15,18H,9-12H2,(H,25,31)(H,27,29)/t15-,18+/m0/s1. The van der Waals surface area contributed by atoms with Gasteiger partial charge < -0.3 is 10.2 Å². The number of benzene rings is 2. The Bertz CT molecular complexity index is 1060. The average molecular weight is 426 g/mol. The lowest BCUT2D eigenvalue weighted by atomic mass is 9.94. The van der Waals surface area contributed by atoms with E-state index in [1.807, 2.05) is 30.3 Å². The number of nitrogens with zero attached hydrogens (tertiary/aromatic N) is 2. The first-order chi connectivity index (χ1) is 14.9. The van der Waals surface area contributed by atoms with Gasteiger partial charge in [-0.3, -0.25) is 14.4 Å². The first-order valence-corrected chi connectivity index (χ1v) is 9.84. The Morgan fingerprint density at radius 2 is 1.87 bits per heavy atom. The largest absolute Gasteiger partial charge is 0.346 e. The summed E-state index contributed by atoms with van der Waals surface area (Å²) in [6.45, 7) is 0.518. The Morgan fingerprint density at radius 1 is 1.10 bits per heavy atom. The van der Waals surface area contributed by atoms with Crippen molar-refractivity contribution in [1.82, 2.24) is 15.6 Å². The number of hydrogen-bond acceptors (Lipinski definition) is 4. The highest BCUT2D eigenvalue weighted by molar-refractivity contribution is 6.43. The van der Waals surface area contributed by atoms with E-state index in [1.54, 1.807) is 0 Å². The molecule has 0 radical (unpaired) electrons. The Balaban J connectivity index is 1.51. The first-order valence-electron chi connectivity index (χ1n) is 9.84. The zero-order chi connectivity index (χ0) is 22.0. The fourth-order valence-electron chi connectivity index (χ4n) is 3.90. The number of carbonyl (C=O) groups excluding carboxylic acids is 3. The predicted octanol–water partition coefficient (Wildman–Crippen LogP) is 1.49. The van der Waals surface area contributed by atoms with Crippen molar-refractivity contribution < 1.29 is 23.2 Å².